The van der Waals surface area contributed by atoms with Gasteiger partial charge < -0.3 is 68.2 Å². The lowest BCUT2D eigenvalue weighted by Gasteiger charge is -2.49. The zero-order valence-corrected chi connectivity index (χ0v) is 37.8. The number of carbonyl (C=O) groups is 2. The highest BCUT2D eigenvalue weighted by Gasteiger charge is 2.55. The van der Waals surface area contributed by atoms with Gasteiger partial charge in [0, 0.05) is 59.8 Å². The van der Waals surface area contributed by atoms with Crippen LogP contribution in [-0.2, 0) is 52.2 Å². The first-order valence-electron chi connectivity index (χ1n) is 21.3. The number of methoxy groups -OCH3 is 3. The van der Waals surface area contributed by atoms with E-state index < -0.39 is 102 Å². The lowest BCUT2D eigenvalue weighted by molar-refractivity contribution is -0.315. The molecule has 0 unspecified atom stereocenters. The Labute approximate surface area is 351 Å². The predicted octanol–water partition coefficient (Wildman–Crippen LogP) is 2.54. The number of nitrogens with zero attached hydrogens (tertiary/aromatic N) is 2. The summed E-state index contributed by atoms with van der Waals surface area (Å²) < 4.78 is 56.7. The fourth-order valence-electron chi connectivity index (χ4n) is 9.28. The lowest BCUT2D eigenvalue weighted by Crippen LogP contribution is -2.60. The van der Waals surface area contributed by atoms with Gasteiger partial charge in [-0.2, -0.15) is 0 Å². The molecule has 4 aliphatic rings. The quantitative estimate of drug-likeness (QED) is 0.174. The van der Waals surface area contributed by atoms with Crippen molar-refractivity contribution >= 4 is 17.9 Å². The molecule has 1 amide bonds. The summed E-state index contributed by atoms with van der Waals surface area (Å²) in [6.45, 7) is 18.4. The highest BCUT2D eigenvalue weighted by atomic mass is 16.7. The third-order valence-electron chi connectivity index (χ3n) is 13.3. The number of rotatable bonds is 11. The Hall–Kier alpha value is -2.19. The number of hydrogen-bond acceptors (Lipinski definition) is 15. The van der Waals surface area contributed by atoms with Gasteiger partial charge in [-0.25, -0.2) is 4.99 Å². The molecule has 0 aromatic heterocycles. The molecule has 0 radical (unpaired) electrons. The van der Waals surface area contributed by atoms with Gasteiger partial charge in [0.05, 0.1) is 53.6 Å². The lowest BCUT2D eigenvalue weighted by atomic mass is 9.77. The minimum absolute atomic E-state index is 0.125. The predicted molar refractivity (Wildman–Crippen MR) is 216 cm³/mol. The number of aliphatic imine (C=N–C) groups is 1. The molecular formula is C42H75N3O14. The molecule has 0 bridgehead atoms. The van der Waals surface area contributed by atoms with Crippen LogP contribution in [0.4, 0.5) is 0 Å². The molecular weight excluding hydrogens is 770 g/mol. The normalized spacial score (nSPS) is 46.2. The van der Waals surface area contributed by atoms with Gasteiger partial charge in [0.2, 0.25) is 5.91 Å². The van der Waals surface area contributed by atoms with Gasteiger partial charge >= 0.3 is 5.97 Å². The number of aliphatic hydroxyl groups excluding tert-OH is 2. The first-order chi connectivity index (χ1) is 27.6. The zero-order valence-electron chi connectivity index (χ0n) is 37.8. The smallest absolute Gasteiger partial charge is 0.311 e. The van der Waals surface area contributed by atoms with Gasteiger partial charge in [0.1, 0.15) is 23.9 Å². The molecule has 18 atom stereocenters. The number of ether oxygens (including phenoxy) is 9. The van der Waals surface area contributed by atoms with Crippen molar-refractivity contribution in [2.75, 3.05) is 41.5 Å². The van der Waals surface area contributed by atoms with Crippen LogP contribution in [0.3, 0.4) is 0 Å². The largest absolute Gasteiger partial charge is 0.459 e. The fraction of sp³-hybridized carbons (Fsp3) is 0.929. The van der Waals surface area contributed by atoms with E-state index in [1.165, 1.54) is 14.0 Å². The molecule has 0 aromatic rings. The Morgan fingerprint density at radius 1 is 0.915 bits per heavy atom. The van der Waals surface area contributed by atoms with Gasteiger partial charge in [-0.05, 0) is 74.1 Å². The van der Waals surface area contributed by atoms with E-state index in [4.69, 9.17) is 47.6 Å². The summed E-state index contributed by atoms with van der Waals surface area (Å²) in [4.78, 5) is 35.0. The first-order valence-corrected chi connectivity index (χ1v) is 21.3. The van der Waals surface area contributed by atoms with Crippen LogP contribution in [0.15, 0.2) is 4.99 Å². The van der Waals surface area contributed by atoms with E-state index in [-0.39, 0.29) is 37.3 Å². The summed E-state index contributed by atoms with van der Waals surface area (Å²) in [6.07, 6.45) is -7.19. The van der Waals surface area contributed by atoms with Crippen LogP contribution in [0, 0.1) is 17.8 Å². The third-order valence-corrected chi connectivity index (χ3v) is 13.3. The van der Waals surface area contributed by atoms with Gasteiger partial charge in [-0.1, -0.05) is 20.8 Å². The van der Waals surface area contributed by atoms with Gasteiger partial charge in [-0.3, -0.25) is 9.59 Å². The summed E-state index contributed by atoms with van der Waals surface area (Å²) in [5.74, 6) is -3.51. The Kier molecular flexibility index (Phi) is 17.0. The second kappa shape index (κ2) is 20.3. The number of aliphatic hydroxyl groups is 3. The van der Waals surface area contributed by atoms with Gasteiger partial charge in [-0.15, -0.1) is 0 Å². The van der Waals surface area contributed by atoms with Crippen LogP contribution in [0.25, 0.3) is 0 Å². The van der Waals surface area contributed by atoms with E-state index in [2.05, 4.69) is 5.32 Å². The van der Waals surface area contributed by atoms with Crippen molar-refractivity contribution in [2.45, 2.75) is 192 Å². The fourth-order valence-corrected chi connectivity index (χ4v) is 9.28. The highest BCUT2D eigenvalue weighted by molar-refractivity contribution is 5.79. The summed E-state index contributed by atoms with van der Waals surface area (Å²) in [7, 11) is 6.64. The molecule has 342 valence electrons. The van der Waals surface area contributed by atoms with Crippen molar-refractivity contribution in [3.63, 3.8) is 0 Å². The third kappa shape index (κ3) is 10.9. The van der Waals surface area contributed by atoms with Crippen molar-refractivity contribution in [3.05, 3.63) is 0 Å². The molecule has 0 aliphatic carbocycles. The van der Waals surface area contributed by atoms with Crippen LogP contribution >= 0.6 is 0 Å². The zero-order chi connectivity index (χ0) is 44.2. The van der Waals surface area contributed by atoms with Gasteiger partial charge in [0.15, 0.2) is 18.7 Å². The van der Waals surface area contributed by atoms with E-state index in [9.17, 15) is 24.9 Å². The number of cyclic esters (lactones) is 1. The maximum atomic E-state index is 14.4. The van der Waals surface area contributed by atoms with Crippen molar-refractivity contribution in [1.29, 1.82) is 0 Å². The van der Waals surface area contributed by atoms with E-state index in [0.717, 1.165) is 6.42 Å². The Bertz CT molecular complexity index is 1420. The Morgan fingerprint density at radius 2 is 1.58 bits per heavy atom. The molecule has 0 saturated carbocycles. The Balaban J connectivity index is 1.84. The molecule has 17 nitrogen and oxygen atoms in total. The Morgan fingerprint density at radius 3 is 2.19 bits per heavy atom. The van der Waals surface area contributed by atoms with E-state index in [0.29, 0.717) is 25.6 Å². The van der Waals surface area contributed by atoms with Crippen molar-refractivity contribution < 1.29 is 67.5 Å². The van der Waals surface area contributed by atoms with Crippen LogP contribution in [0.5, 0.6) is 0 Å². The van der Waals surface area contributed by atoms with E-state index in [1.807, 2.05) is 32.7 Å². The standard InChI is InChI=1S/C42H75N3O14/c1-15-29-42(10,50)33(46)26(6)44-36(48)22(2)20-41(9,53-14)35(59-38-32-28(19-23(3)54-38)45(11)39(58-32)43-17-16-18-51-12)24(4)31(25(5)37(49)56-29)57-30-21-40(8,52-13)34(47)27(7)55-30/h22-35,38,46-47,50H,15-21H2,1-14H3,(H,44,48)/t22-,23-,24+,25-,26-,27+,28+,29-,30+,31+,32-,33-,34+,35-,38+,40-,41-,42-/m1/s1. The minimum atomic E-state index is -1.95. The number of likely N-dealkylation sites (N-methyl/N-ethyl adjacent to an activating group) is 1. The van der Waals surface area contributed by atoms with E-state index >= 15 is 0 Å². The summed E-state index contributed by atoms with van der Waals surface area (Å²) >= 11 is 0. The molecule has 59 heavy (non-hydrogen) atoms. The van der Waals surface area contributed by atoms with Crippen LogP contribution in [-0.4, -0.2) is 170 Å². The van der Waals surface area contributed by atoms with Crippen molar-refractivity contribution in [1.82, 2.24) is 10.2 Å². The molecule has 17 heteroatoms. The number of amides is 1. The number of amidine groups is 1. The second-order valence-electron chi connectivity index (χ2n) is 18.0. The topological polar surface area (TPSA) is 206 Å². The average molecular weight is 846 g/mol. The number of fused-ring (bicyclic) bond motifs is 1. The minimum Gasteiger partial charge on any atom is -0.459 e. The van der Waals surface area contributed by atoms with E-state index in [1.54, 1.807) is 55.8 Å². The number of esters is 1. The average Bonchev–Trinajstić information content (AvgIpc) is 3.51. The number of nitrogens with one attached hydrogen (secondary N) is 1. The number of hydrogen-bond donors (Lipinski definition) is 4. The monoisotopic (exact) mass is 846 g/mol. The molecule has 4 fully saturated rings. The summed E-state index contributed by atoms with van der Waals surface area (Å²) in [6, 6.07) is -0.582. The summed E-state index contributed by atoms with van der Waals surface area (Å²) in [5, 5.41) is 37.0. The molecule has 4 aliphatic heterocycles. The van der Waals surface area contributed by atoms with Crippen LogP contribution < -0.4 is 5.32 Å². The molecule has 4 N–H and O–H groups in total. The molecule has 4 heterocycles. The maximum absolute atomic E-state index is 14.4. The SMILES string of the molecule is CC[C@H]1OC(=O)[C@H](C)[C@@H](O[C@H]2C[C@@](C)(OC)[C@@H](O)[C@H](C)O2)[C@H](C)[C@@H](O[C@@H]2O[C@H](C)C[C@H]3[C@H]2OC(=NCCCOC)N3C)[C@](C)(OC)C[C@@H](C)C(=O)N[C@H](C)[C@@H](O)[C@]1(C)O. The van der Waals surface area contributed by atoms with Crippen LogP contribution in [0.1, 0.15) is 101 Å². The van der Waals surface area contributed by atoms with Crippen molar-refractivity contribution in [3.8, 4) is 0 Å². The second-order valence-corrected chi connectivity index (χ2v) is 18.0. The first kappa shape index (κ1) is 49.5. The molecule has 4 rings (SSSR count). The molecule has 0 aromatic carbocycles. The van der Waals surface area contributed by atoms with Gasteiger partial charge in [0.25, 0.3) is 6.02 Å². The summed E-state index contributed by atoms with van der Waals surface area (Å²) in [5.41, 5.74) is -4.22. The number of carbonyl (C=O) groups excluding carboxylic acids is 2. The highest BCUT2D eigenvalue weighted by Crippen LogP contribution is 2.42. The molecule has 4 saturated heterocycles. The van der Waals surface area contributed by atoms with Crippen molar-refractivity contribution in [2.24, 2.45) is 22.7 Å². The molecule has 0 spiro atoms. The van der Waals surface area contributed by atoms with Crippen LogP contribution in [0.2, 0.25) is 0 Å². The maximum Gasteiger partial charge on any atom is 0.311 e.